The minimum Gasteiger partial charge on any atom is -0.405 e. The van der Waals surface area contributed by atoms with Crippen LogP contribution in [0.4, 0.5) is 26.8 Å². The second kappa shape index (κ2) is 14.4. The number of halogens is 5. The molecule has 32 heavy (non-hydrogen) atoms. The number of nitrogens with zero attached hydrogens (tertiary/aromatic N) is 1. The summed E-state index contributed by atoms with van der Waals surface area (Å²) >= 11 is 0. The summed E-state index contributed by atoms with van der Waals surface area (Å²) < 4.78 is 89.0. The normalized spacial score (nSPS) is 11.6. The van der Waals surface area contributed by atoms with Gasteiger partial charge in [-0.05, 0) is 32.1 Å². The lowest BCUT2D eigenvalue weighted by atomic mass is 10.3. The van der Waals surface area contributed by atoms with E-state index < -0.39 is 50.5 Å². The summed E-state index contributed by atoms with van der Waals surface area (Å²) in [6.07, 6.45) is 1.17. The number of hydrogen-bond donors (Lipinski definition) is 0. The van der Waals surface area contributed by atoms with E-state index in [4.69, 9.17) is 13.3 Å². The van der Waals surface area contributed by atoms with Crippen LogP contribution in [0.2, 0.25) is 6.04 Å². The van der Waals surface area contributed by atoms with E-state index in [1.807, 2.05) is 20.8 Å². The molecule has 0 spiro atoms. The first-order valence-corrected chi connectivity index (χ1v) is 12.5. The van der Waals surface area contributed by atoms with Crippen molar-refractivity contribution in [2.75, 3.05) is 26.4 Å². The van der Waals surface area contributed by atoms with Gasteiger partial charge in [0.15, 0.2) is 17.4 Å². The van der Waals surface area contributed by atoms with E-state index in [2.05, 4.69) is 4.74 Å². The van der Waals surface area contributed by atoms with Gasteiger partial charge in [0.05, 0.1) is 6.54 Å². The Morgan fingerprint density at radius 1 is 0.875 bits per heavy atom. The van der Waals surface area contributed by atoms with Gasteiger partial charge in [-0.3, -0.25) is 0 Å². The maximum atomic E-state index is 14.0. The largest absolute Gasteiger partial charge is 0.500 e. The average Bonchev–Trinajstić information content (AvgIpc) is 2.79. The molecule has 0 N–H and O–H groups in total. The van der Waals surface area contributed by atoms with Crippen LogP contribution in [-0.2, 0) is 13.3 Å². The zero-order valence-corrected chi connectivity index (χ0v) is 19.5. The molecule has 0 saturated carbocycles. The Labute approximate surface area is 185 Å². The van der Waals surface area contributed by atoms with Crippen LogP contribution in [0.25, 0.3) is 0 Å². The molecule has 0 bridgehead atoms. The first kappa shape index (κ1) is 28.3. The van der Waals surface area contributed by atoms with Crippen molar-refractivity contribution in [3.63, 3.8) is 0 Å². The standard InChI is InChI=1S/C20H30F5NO5Si/c1-4-10-28-32(29-11-5-2,30-12-6-3)13-8-7-9-26(25)20(27)31-16-14-15(21)17(22)19(24)18(16)23/h14H,4-13H2,1-3H3. The number of benzene rings is 1. The highest BCUT2D eigenvalue weighted by Gasteiger charge is 2.40. The molecule has 0 radical (unpaired) electrons. The lowest BCUT2D eigenvalue weighted by Gasteiger charge is -2.29. The van der Waals surface area contributed by atoms with E-state index in [9.17, 15) is 26.8 Å². The highest BCUT2D eigenvalue weighted by Crippen LogP contribution is 2.25. The van der Waals surface area contributed by atoms with Crippen molar-refractivity contribution in [2.45, 2.75) is 58.9 Å². The van der Waals surface area contributed by atoms with Crippen molar-refractivity contribution in [3.8, 4) is 5.75 Å². The van der Waals surface area contributed by atoms with Crippen molar-refractivity contribution in [3.05, 3.63) is 29.3 Å². The van der Waals surface area contributed by atoms with Gasteiger partial charge < -0.3 is 18.0 Å². The lowest BCUT2D eigenvalue weighted by molar-refractivity contribution is 0.0336. The molecule has 0 aliphatic heterocycles. The van der Waals surface area contributed by atoms with Gasteiger partial charge in [-0.15, -0.1) is 5.12 Å². The van der Waals surface area contributed by atoms with E-state index in [-0.39, 0.29) is 17.6 Å². The molecule has 184 valence electrons. The fourth-order valence-electron chi connectivity index (χ4n) is 2.57. The Morgan fingerprint density at radius 2 is 1.41 bits per heavy atom. The van der Waals surface area contributed by atoms with Crippen LogP contribution in [0.15, 0.2) is 6.07 Å². The van der Waals surface area contributed by atoms with Crippen molar-refractivity contribution in [2.24, 2.45) is 0 Å². The Kier molecular flexibility index (Phi) is 12.7. The monoisotopic (exact) mass is 487 g/mol. The third kappa shape index (κ3) is 8.64. The number of carbonyl (C=O) groups excluding carboxylic acids is 1. The number of unbranched alkanes of at least 4 members (excludes halogenated alkanes) is 1. The number of carbonyl (C=O) groups is 1. The van der Waals surface area contributed by atoms with Crippen LogP contribution < -0.4 is 4.74 Å². The van der Waals surface area contributed by atoms with Gasteiger partial charge in [0.25, 0.3) is 0 Å². The summed E-state index contributed by atoms with van der Waals surface area (Å²) in [6.45, 7) is 6.78. The predicted octanol–water partition coefficient (Wildman–Crippen LogP) is 5.93. The summed E-state index contributed by atoms with van der Waals surface area (Å²) in [5.41, 5.74) is 0. The fourth-order valence-corrected chi connectivity index (χ4v) is 5.48. The van der Waals surface area contributed by atoms with Gasteiger partial charge in [0.1, 0.15) is 0 Å². The number of amides is 1. The molecule has 1 aromatic rings. The van der Waals surface area contributed by atoms with Gasteiger partial charge in [-0.1, -0.05) is 25.3 Å². The molecule has 12 heteroatoms. The first-order chi connectivity index (χ1) is 15.2. The molecule has 1 aromatic carbocycles. The number of ether oxygens (including phenoxy) is 1. The Balaban J connectivity index is 2.64. The van der Waals surface area contributed by atoms with Crippen molar-refractivity contribution < 1.29 is 44.9 Å². The van der Waals surface area contributed by atoms with Gasteiger partial charge >= 0.3 is 14.9 Å². The SMILES string of the molecule is CCCO[Si](CCCCN(F)C(=O)Oc1cc(F)c(F)c(F)c1F)(OCCC)OCCC. The van der Waals surface area contributed by atoms with Crippen molar-refractivity contribution >= 4 is 14.9 Å². The van der Waals surface area contributed by atoms with E-state index >= 15 is 0 Å². The molecular weight excluding hydrogens is 457 g/mol. The molecule has 0 atom stereocenters. The smallest absolute Gasteiger partial charge is 0.405 e. The summed E-state index contributed by atoms with van der Waals surface area (Å²) in [5.74, 6) is -9.19. The molecule has 0 aliphatic rings. The first-order valence-electron chi connectivity index (χ1n) is 10.6. The highest BCUT2D eigenvalue weighted by molar-refractivity contribution is 6.60. The molecule has 0 unspecified atom stereocenters. The lowest BCUT2D eigenvalue weighted by Crippen LogP contribution is -2.46. The maximum absolute atomic E-state index is 14.0. The predicted molar refractivity (Wildman–Crippen MR) is 109 cm³/mol. The summed E-state index contributed by atoms with van der Waals surface area (Å²) in [7, 11) is -2.97. The second-order valence-corrected chi connectivity index (χ2v) is 9.67. The van der Waals surface area contributed by atoms with Crippen LogP contribution in [0.5, 0.6) is 5.75 Å². The molecule has 0 aromatic heterocycles. The third-order valence-electron chi connectivity index (χ3n) is 4.13. The summed E-state index contributed by atoms with van der Waals surface area (Å²) in [5, 5.41) is -0.367. The topological polar surface area (TPSA) is 57.2 Å². The third-order valence-corrected chi connectivity index (χ3v) is 7.03. The zero-order valence-electron chi connectivity index (χ0n) is 18.5. The zero-order chi connectivity index (χ0) is 24.1. The minimum absolute atomic E-state index is 0.126. The molecule has 1 amide bonds. The van der Waals surface area contributed by atoms with E-state index in [1.165, 1.54) is 0 Å². The molecular formula is C20H30F5NO5Si. The van der Waals surface area contributed by atoms with Crippen LogP contribution in [0, 0.1) is 23.3 Å². The quantitative estimate of drug-likeness (QED) is 0.0767. The minimum atomic E-state index is -2.97. The van der Waals surface area contributed by atoms with E-state index in [0.29, 0.717) is 32.3 Å². The average molecular weight is 488 g/mol. The van der Waals surface area contributed by atoms with Crippen LogP contribution in [0.1, 0.15) is 52.9 Å². The van der Waals surface area contributed by atoms with Crippen molar-refractivity contribution in [1.29, 1.82) is 0 Å². The number of hydrogen-bond acceptors (Lipinski definition) is 5. The highest BCUT2D eigenvalue weighted by atomic mass is 28.4. The van der Waals surface area contributed by atoms with Gasteiger partial charge in [-0.25, -0.2) is 18.0 Å². The van der Waals surface area contributed by atoms with E-state index in [0.717, 1.165) is 19.3 Å². The van der Waals surface area contributed by atoms with Gasteiger partial charge in [0, 0.05) is 31.9 Å². The van der Waals surface area contributed by atoms with Crippen LogP contribution in [0.3, 0.4) is 0 Å². The Bertz CT molecular complexity index is 706. The van der Waals surface area contributed by atoms with Crippen LogP contribution in [-0.4, -0.2) is 46.4 Å². The summed E-state index contributed by atoms with van der Waals surface area (Å²) in [6, 6.07) is 0.527. The summed E-state index contributed by atoms with van der Waals surface area (Å²) in [4.78, 5) is 11.7. The fraction of sp³-hybridized carbons (Fsp3) is 0.650. The molecule has 0 saturated heterocycles. The Hall–Kier alpha value is -1.76. The molecule has 0 fully saturated rings. The Morgan fingerprint density at radius 3 is 1.91 bits per heavy atom. The second-order valence-electron chi connectivity index (χ2n) is 6.94. The van der Waals surface area contributed by atoms with Gasteiger partial charge in [-0.2, -0.15) is 4.39 Å². The van der Waals surface area contributed by atoms with Crippen molar-refractivity contribution in [1.82, 2.24) is 5.12 Å². The maximum Gasteiger partial charge on any atom is 0.500 e. The molecule has 6 nitrogen and oxygen atoms in total. The number of rotatable bonds is 15. The van der Waals surface area contributed by atoms with Crippen LogP contribution >= 0.6 is 0 Å². The molecule has 0 aliphatic carbocycles. The van der Waals surface area contributed by atoms with E-state index in [1.54, 1.807) is 0 Å². The molecule has 0 heterocycles. The molecule has 1 rings (SSSR count). The van der Waals surface area contributed by atoms with Gasteiger partial charge in [0.2, 0.25) is 11.6 Å².